The van der Waals surface area contributed by atoms with E-state index in [2.05, 4.69) is 17.2 Å². The van der Waals surface area contributed by atoms with Gasteiger partial charge in [0.15, 0.2) is 0 Å². The Balaban J connectivity index is 2.02. The normalized spacial score (nSPS) is 14.8. The number of hydrogen-bond donors (Lipinski definition) is 1. The summed E-state index contributed by atoms with van der Waals surface area (Å²) in [5, 5.41) is 3.27. The van der Waals surface area contributed by atoms with Crippen molar-refractivity contribution in [1.82, 2.24) is 10.3 Å². The predicted molar refractivity (Wildman–Crippen MR) is 61.8 cm³/mol. The van der Waals surface area contributed by atoms with Gasteiger partial charge in [-0.2, -0.15) is 4.98 Å². The topological polar surface area (TPSA) is 43.4 Å². The van der Waals surface area contributed by atoms with Crippen molar-refractivity contribution in [2.24, 2.45) is 0 Å². The van der Waals surface area contributed by atoms with Crippen LogP contribution in [-0.4, -0.2) is 24.7 Å². The Kier molecular flexibility index (Phi) is 3.99. The summed E-state index contributed by atoms with van der Waals surface area (Å²) in [7, 11) is 0. The lowest BCUT2D eigenvalue weighted by molar-refractivity contribution is 0.279. The molecule has 2 rings (SSSR count). The fourth-order valence-electron chi connectivity index (χ4n) is 1.56. The zero-order valence-corrected chi connectivity index (χ0v) is 9.66. The van der Waals surface area contributed by atoms with Crippen molar-refractivity contribution in [3.05, 3.63) is 17.7 Å². The van der Waals surface area contributed by atoms with E-state index in [1.165, 1.54) is 0 Å². The highest BCUT2D eigenvalue weighted by Gasteiger charge is 2.10. The number of nitrogens with one attached hydrogen (secondary N) is 1. The number of nitrogens with zero attached hydrogens (tertiary/aromatic N) is 1. The molecule has 16 heavy (non-hydrogen) atoms. The number of unbranched alkanes of at least 4 members (excludes halogenated alkanes) is 1. The molecule has 0 amide bonds. The average Bonchev–Trinajstić information content (AvgIpc) is 2.54. The predicted octanol–water partition coefficient (Wildman–Crippen LogP) is 1.74. The largest absolute Gasteiger partial charge is 0.478 e. The van der Waals surface area contributed by atoms with Gasteiger partial charge in [0.2, 0.25) is 11.8 Å². The number of pyridine rings is 1. The second-order valence-electron chi connectivity index (χ2n) is 3.84. The van der Waals surface area contributed by atoms with Gasteiger partial charge in [0.1, 0.15) is 6.61 Å². The third kappa shape index (κ3) is 2.85. The molecule has 2 heterocycles. The van der Waals surface area contributed by atoms with Crippen LogP contribution in [0.25, 0.3) is 0 Å². The molecule has 0 aromatic carbocycles. The van der Waals surface area contributed by atoms with Crippen LogP contribution in [0.3, 0.4) is 0 Å². The molecule has 4 nitrogen and oxygen atoms in total. The summed E-state index contributed by atoms with van der Waals surface area (Å²) in [5.41, 5.74) is 1.10. The van der Waals surface area contributed by atoms with Crippen molar-refractivity contribution < 1.29 is 9.47 Å². The van der Waals surface area contributed by atoms with Gasteiger partial charge in [0.05, 0.1) is 6.61 Å². The van der Waals surface area contributed by atoms with E-state index in [1.54, 1.807) is 0 Å². The molecule has 1 aliphatic heterocycles. The number of aromatic nitrogens is 1. The SMILES string of the molecule is CCCCOc1ccc2c(n1)OCCNC2. The second-order valence-corrected chi connectivity index (χ2v) is 3.84. The Morgan fingerprint density at radius 2 is 2.44 bits per heavy atom. The van der Waals surface area contributed by atoms with Gasteiger partial charge in [0, 0.05) is 24.7 Å². The summed E-state index contributed by atoms with van der Waals surface area (Å²) >= 11 is 0. The van der Waals surface area contributed by atoms with E-state index in [9.17, 15) is 0 Å². The summed E-state index contributed by atoms with van der Waals surface area (Å²) in [6.07, 6.45) is 2.19. The van der Waals surface area contributed by atoms with Crippen molar-refractivity contribution in [2.75, 3.05) is 19.8 Å². The molecule has 0 saturated carbocycles. The molecule has 88 valence electrons. The standard InChI is InChI=1S/C12H18N2O2/c1-2-3-7-15-11-5-4-10-9-13-6-8-16-12(10)14-11/h4-5,13H,2-3,6-9H2,1H3. The maximum atomic E-state index is 5.54. The lowest BCUT2D eigenvalue weighted by atomic mass is 10.2. The van der Waals surface area contributed by atoms with Gasteiger partial charge in [0.25, 0.3) is 0 Å². The van der Waals surface area contributed by atoms with E-state index in [-0.39, 0.29) is 0 Å². The van der Waals surface area contributed by atoms with Crippen molar-refractivity contribution in [1.29, 1.82) is 0 Å². The van der Waals surface area contributed by atoms with Crippen LogP contribution in [-0.2, 0) is 6.54 Å². The van der Waals surface area contributed by atoms with E-state index in [0.29, 0.717) is 18.4 Å². The van der Waals surface area contributed by atoms with E-state index in [1.807, 2.05) is 12.1 Å². The number of fused-ring (bicyclic) bond motifs is 1. The molecule has 4 heteroatoms. The highest BCUT2D eigenvalue weighted by molar-refractivity contribution is 5.31. The molecule has 0 unspecified atom stereocenters. The molecule has 1 aromatic heterocycles. The molecule has 1 N–H and O–H groups in total. The van der Waals surface area contributed by atoms with Crippen LogP contribution >= 0.6 is 0 Å². The Morgan fingerprint density at radius 3 is 3.31 bits per heavy atom. The van der Waals surface area contributed by atoms with E-state index in [0.717, 1.165) is 38.1 Å². The Hall–Kier alpha value is -1.29. The first kappa shape index (κ1) is 11.2. The minimum atomic E-state index is 0.661. The zero-order chi connectivity index (χ0) is 11.2. The first-order valence-electron chi connectivity index (χ1n) is 5.86. The first-order chi connectivity index (χ1) is 7.90. The first-order valence-corrected chi connectivity index (χ1v) is 5.86. The van der Waals surface area contributed by atoms with Crippen LogP contribution < -0.4 is 14.8 Å². The van der Waals surface area contributed by atoms with Crippen LogP contribution in [0.15, 0.2) is 12.1 Å². The van der Waals surface area contributed by atoms with Gasteiger partial charge in [-0.15, -0.1) is 0 Å². The van der Waals surface area contributed by atoms with Crippen LogP contribution in [0.2, 0.25) is 0 Å². The monoisotopic (exact) mass is 222 g/mol. The van der Waals surface area contributed by atoms with Crippen molar-refractivity contribution >= 4 is 0 Å². The lowest BCUT2D eigenvalue weighted by Crippen LogP contribution is -2.16. The maximum absolute atomic E-state index is 5.54. The zero-order valence-electron chi connectivity index (χ0n) is 9.66. The Morgan fingerprint density at radius 1 is 1.50 bits per heavy atom. The summed E-state index contributed by atoms with van der Waals surface area (Å²) in [6.45, 7) is 5.21. The average molecular weight is 222 g/mol. The van der Waals surface area contributed by atoms with Crippen LogP contribution in [0, 0.1) is 0 Å². The molecule has 1 aliphatic rings. The summed E-state index contributed by atoms with van der Waals surface area (Å²) < 4.78 is 11.1. The molecule has 0 aliphatic carbocycles. The second kappa shape index (κ2) is 5.70. The minimum absolute atomic E-state index is 0.661. The Bertz CT molecular complexity index is 342. The molecule has 0 fully saturated rings. The summed E-state index contributed by atoms with van der Waals surface area (Å²) in [4.78, 5) is 4.36. The highest BCUT2D eigenvalue weighted by atomic mass is 16.5. The van der Waals surface area contributed by atoms with Crippen molar-refractivity contribution in [3.63, 3.8) is 0 Å². The van der Waals surface area contributed by atoms with Crippen LogP contribution in [0.4, 0.5) is 0 Å². The fourth-order valence-corrected chi connectivity index (χ4v) is 1.56. The number of hydrogen-bond acceptors (Lipinski definition) is 4. The molecule has 0 radical (unpaired) electrons. The van der Waals surface area contributed by atoms with Gasteiger partial charge >= 0.3 is 0 Å². The van der Waals surface area contributed by atoms with Gasteiger partial charge in [-0.1, -0.05) is 13.3 Å². The minimum Gasteiger partial charge on any atom is -0.478 e. The molecular formula is C12H18N2O2. The van der Waals surface area contributed by atoms with Crippen molar-refractivity contribution in [2.45, 2.75) is 26.3 Å². The van der Waals surface area contributed by atoms with Crippen LogP contribution in [0.1, 0.15) is 25.3 Å². The quantitative estimate of drug-likeness (QED) is 0.788. The third-order valence-electron chi connectivity index (χ3n) is 2.49. The van der Waals surface area contributed by atoms with Gasteiger partial charge in [-0.25, -0.2) is 0 Å². The van der Waals surface area contributed by atoms with E-state index >= 15 is 0 Å². The summed E-state index contributed by atoms with van der Waals surface area (Å²) in [5.74, 6) is 1.37. The fraction of sp³-hybridized carbons (Fsp3) is 0.583. The van der Waals surface area contributed by atoms with Gasteiger partial charge < -0.3 is 14.8 Å². The van der Waals surface area contributed by atoms with E-state index in [4.69, 9.17) is 9.47 Å². The Labute approximate surface area is 96.0 Å². The van der Waals surface area contributed by atoms with Crippen molar-refractivity contribution in [3.8, 4) is 11.8 Å². The maximum Gasteiger partial charge on any atom is 0.221 e. The lowest BCUT2D eigenvalue weighted by Gasteiger charge is -2.08. The number of rotatable bonds is 4. The van der Waals surface area contributed by atoms with Gasteiger partial charge in [-0.3, -0.25) is 0 Å². The molecule has 0 atom stereocenters. The van der Waals surface area contributed by atoms with E-state index < -0.39 is 0 Å². The summed E-state index contributed by atoms with van der Waals surface area (Å²) in [6, 6.07) is 3.92. The number of ether oxygens (including phenoxy) is 2. The molecular weight excluding hydrogens is 204 g/mol. The molecule has 0 bridgehead atoms. The molecule has 1 aromatic rings. The molecule has 0 saturated heterocycles. The molecule has 0 spiro atoms. The van der Waals surface area contributed by atoms with Gasteiger partial charge in [-0.05, 0) is 12.5 Å². The third-order valence-corrected chi connectivity index (χ3v) is 2.49. The smallest absolute Gasteiger partial charge is 0.221 e. The highest BCUT2D eigenvalue weighted by Crippen LogP contribution is 2.21. The van der Waals surface area contributed by atoms with Crippen LogP contribution in [0.5, 0.6) is 11.8 Å².